The fraction of sp³-hybridized carbons (Fsp3) is 0.276. The molecule has 0 aliphatic rings. The molecular weight excluding hydrogens is 436 g/mol. The van der Waals surface area contributed by atoms with Crippen molar-refractivity contribution in [1.82, 2.24) is 9.55 Å². The van der Waals surface area contributed by atoms with Crippen LogP contribution in [-0.4, -0.2) is 28.7 Å². The predicted molar refractivity (Wildman–Crippen MR) is 146 cm³/mol. The Morgan fingerprint density at radius 2 is 1.94 bits per heavy atom. The van der Waals surface area contributed by atoms with Crippen LogP contribution in [0.5, 0.6) is 0 Å². The monoisotopic (exact) mass is 470 g/mol. The zero-order chi connectivity index (χ0) is 25.7. The Labute approximate surface area is 207 Å². The molecule has 0 saturated carbocycles. The number of aryl methyl sites for hydroxylation is 2. The maximum atomic E-state index is 13.3. The summed E-state index contributed by atoms with van der Waals surface area (Å²) in [7, 11) is 3.40. The molecule has 1 N–H and O–H groups in total. The fourth-order valence-corrected chi connectivity index (χ4v) is 3.90. The van der Waals surface area contributed by atoms with Crippen molar-refractivity contribution in [2.45, 2.75) is 40.8 Å². The highest BCUT2D eigenvalue weighted by Gasteiger charge is 2.12. The van der Waals surface area contributed by atoms with Crippen LogP contribution in [0.1, 0.15) is 37.6 Å². The van der Waals surface area contributed by atoms with Crippen LogP contribution in [-0.2, 0) is 11.8 Å². The lowest BCUT2D eigenvalue weighted by Crippen LogP contribution is -2.42. The van der Waals surface area contributed by atoms with Crippen molar-refractivity contribution in [3.8, 4) is 11.1 Å². The van der Waals surface area contributed by atoms with Gasteiger partial charge in [-0.15, -0.1) is 0 Å². The van der Waals surface area contributed by atoms with E-state index in [0.29, 0.717) is 11.5 Å². The highest BCUT2D eigenvalue weighted by molar-refractivity contribution is 5.93. The first kappa shape index (κ1) is 25.7. The number of hydrogen-bond donors (Lipinski definition) is 1. The summed E-state index contributed by atoms with van der Waals surface area (Å²) < 4.78 is 7.19. The molecule has 0 saturated heterocycles. The molecular formula is C29H34N4O2. The molecule has 0 bridgehead atoms. The number of nitrogens with zero attached hydrogens (tertiary/aromatic N) is 3. The van der Waals surface area contributed by atoms with E-state index in [1.54, 1.807) is 24.9 Å². The third kappa shape index (κ3) is 5.96. The van der Waals surface area contributed by atoms with Gasteiger partial charge in [0.25, 0.3) is 5.56 Å². The van der Waals surface area contributed by atoms with Crippen LogP contribution in [0.25, 0.3) is 23.3 Å². The summed E-state index contributed by atoms with van der Waals surface area (Å²) in [5.74, 6) is 0.506. The van der Waals surface area contributed by atoms with E-state index in [0.717, 1.165) is 44.2 Å². The summed E-state index contributed by atoms with van der Waals surface area (Å²) in [6.45, 7) is 13.8. The second-order valence-corrected chi connectivity index (χ2v) is 8.72. The molecule has 6 heteroatoms. The van der Waals surface area contributed by atoms with Gasteiger partial charge in [0.2, 0.25) is 5.90 Å². The number of hydrogen-bond acceptors (Lipinski definition) is 5. The largest absolute Gasteiger partial charge is 0.481 e. The van der Waals surface area contributed by atoms with Gasteiger partial charge < -0.3 is 14.6 Å². The van der Waals surface area contributed by atoms with Crippen molar-refractivity contribution < 1.29 is 4.74 Å². The quantitative estimate of drug-likeness (QED) is 0.436. The molecule has 2 aromatic heterocycles. The van der Waals surface area contributed by atoms with Crippen molar-refractivity contribution in [2.75, 3.05) is 12.4 Å². The molecule has 35 heavy (non-hydrogen) atoms. The van der Waals surface area contributed by atoms with E-state index in [1.165, 1.54) is 0 Å². The number of rotatable bonds is 6. The third-order valence-electron chi connectivity index (χ3n) is 5.75. The molecule has 0 radical (unpaired) electrons. The van der Waals surface area contributed by atoms with E-state index in [-0.39, 0.29) is 11.7 Å². The van der Waals surface area contributed by atoms with Gasteiger partial charge in [-0.1, -0.05) is 24.3 Å². The number of methoxy groups -OCH3 is 1. The zero-order valence-corrected chi connectivity index (χ0v) is 21.6. The minimum atomic E-state index is -0.267. The van der Waals surface area contributed by atoms with E-state index < -0.39 is 0 Å². The van der Waals surface area contributed by atoms with E-state index >= 15 is 0 Å². The van der Waals surface area contributed by atoms with E-state index in [9.17, 15) is 4.79 Å². The van der Waals surface area contributed by atoms with Crippen LogP contribution in [0.3, 0.4) is 0 Å². The lowest BCUT2D eigenvalue weighted by atomic mass is 10.00. The van der Waals surface area contributed by atoms with E-state index in [2.05, 4.69) is 21.9 Å². The van der Waals surface area contributed by atoms with Gasteiger partial charge in [0.05, 0.1) is 18.0 Å². The lowest BCUT2D eigenvalue weighted by Gasteiger charge is -2.16. The molecule has 3 rings (SSSR count). The standard InChI is InChI=1S/C29H34N4O2/c1-9-22-15-26(29(34)33(7)27(22)14-18(2)3)25-16-24(13-10-19(25)4)31-21(6)32-28(35-8)23-12-11-20(5)30-17-23/h9-17,21,31H,2H2,1,3-8H3/b22-9?,27-14+,32-28-. The molecule has 6 nitrogen and oxygen atoms in total. The van der Waals surface area contributed by atoms with Crippen LogP contribution in [0.15, 0.2) is 64.5 Å². The number of ether oxygens (including phenoxy) is 1. The van der Waals surface area contributed by atoms with Gasteiger partial charge in [0, 0.05) is 30.2 Å². The molecule has 0 spiro atoms. The van der Waals surface area contributed by atoms with Gasteiger partial charge in [-0.3, -0.25) is 9.78 Å². The Bertz CT molecular complexity index is 1450. The number of pyridine rings is 2. The Hall–Kier alpha value is -3.93. The third-order valence-corrected chi connectivity index (χ3v) is 5.75. The molecule has 2 heterocycles. The molecule has 1 aromatic carbocycles. The van der Waals surface area contributed by atoms with Crippen LogP contribution >= 0.6 is 0 Å². The summed E-state index contributed by atoms with van der Waals surface area (Å²) in [5.41, 5.74) is 6.00. The second-order valence-electron chi connectivity index (χ2n) is 8.72. The fourth-order valence-electron chi connectivity index (χ4n) is 3.90. The molecule has 1 atom stereocenters. The number of anilines is 1. The number of allylic oxidation sites excluding steroid dienone is 1. The van der Waals surface area contributed by atoms with Gasteiger partial charge >= 0.3 is 0 Å². The topological polar surface area (TPSA) is 68.5 Å². The first-order chi connectivity index (χ1) is 16.6. The predicted octanol–water partition coefficient (Wildman–Crippen LogP) is 4.07. The van der Waals surface area contributed by atoms with Gasteiger partial charge in [0.1, 0.15) is 6.17 Å². The minimum absolute atomic E-state index is 0.0528. The molecule has 0 aliphatic heterocycles. The van der Waals surface area contributed by atoms with Crippen molar-refractivity contribution in [3.63, 3.8) is 0 Å². The zero-order valence-electron chi connectivity index (χ0n) is 21.6. The van der Waals surface area contributed by atoms with E-state index in [4.69, 9.17) is 4.74 Å². The summed E-state index contributed by atoms with van der Waals surface area (Å²) in [6.07, 6.45) is 5.43. The van der Waals surface area contributed by atoms with Gasteiger partial charge in [0.15, 0.2) is 0 Å². The molecule has 0 aliphatic carbocycles. The van der Waals surface area contributed by atoms with Crippen molar-refractivity contribution in [2.24, 2.45) is 12.0 Å². The first-order valence-corrected chi connectivity index (χ1v) is 11.6. The maximum absolute atomic E-state index is 13.3. The molecule has 0 fully saturated rings. The van der Waals surface area contributed by atoms with Gasteiger partial charge in [-0.2, -0.15) is 0 Å². The average molecular weight is 471 g/mol. The summed E-state index contributed by atoms with van der Waals surface area (Å²) in [5, 5.41) is 5.24. The van der Waals surface area contributed by atoms with Crippen molar-refractivity contribution in [1.29, 1.82) is 0 Å². The van der Waals surface area contributed by atoms with Crippen LogP contribution in [0.4, 0.5) is 5.69 Å². The van der Waals surface area contributed by atoms with Crippen molar-refractivity contribution >= 4 is 23.7 Å². The number of nitrogens with one attached hydrogen (secondary N) is 1. The highest BCUT2D eigenvalue weighted by atomic mass is 16.5. The summed E-state index contributed by atoms with van der Waals surface area (Å²) in [6, 6.07) is 11.8. The Kier molecular flexibility index (Phi) is 8.07. The maximum Gasteiger partial charge on any atom is 0.258 e. The highest BCUT2D eigenvalue weighted by Crippen LogP contribution is 2.24. The summed E-state index contributed by atoms with van der Waals surface area (Å²) >= 11 is 0. The molecule has 0 amide bonds. The van der Waals surface area contributed by atoms with Gasteiger partial charge in [-0.05, 0) is 87.4 Å². The molecule has 1 unspecified atom stereocenters. The second kappa shape index (κ2) is 11.0. The first-order valence-electron chi connectivity index (χ1n) is 11.6. The normalized spacial score (nSPS) is 13.6. The molecule has 182 valence electrons. The van der Waals surface area contributed by atoms with Crippen LogP contribution < -0.4 is 21.4 Å². The van der Waals surface area contributed by atoms with Crippen LogP contribution in [0, 0.1) is 13.8 Å². The molecule has 3 aromatic rings. The Balaban J connectivity index is 2.01. The van der Waals surface area contributed by atoms with E-state index in [1.807, 2.05) is 83.2 Å². The number of aliphatic imine (C=N–C) groups is 1. The Morgan fingerprint density at radius 3 is 2.54 bits per heavy atom. The SMILES string of the molecule is C=C(C)/C=c1\c(=CC)cc(-c2cc(NC(C)/N=C(\OC)c3ccc(C)nc3)ccc2C)c(=O)n1C. The number of aromatic nitrogens is 2. The van der Waals surface area contributed by atoms with Crippen LogP contribution in [0.2, 0.25) is 0 Å². The number of benzene rings is 1. The smallest absolute Gasteiger partial charge is 0.258 e. The average Bonchev–Trinajstić information content (AvgIpc) is 2.82. The lowest BCUT2D eigenvalue weighted by molar-refractivity contribution is 0.400. The Morgan fingerprint density at radius 1 is 1.20 bits per heavy atom. The van der Waals surface area contributed by atoms with Crippen molar-refractivity contribution in [3.05, 3.63) is 92.5 Å². The van der Waals surface area contributed by atoms with Gasteiger partial charge in [-0.25, -0.2) is 4.99 Å². The summed E-state index contributed by atoms with van der Waals surface area (Å²) in [4.78, 5) is 22.3. The minimum Gasteiger partial charge on any atom is -0.481 e.